The Bertz CT molecular complexity index is 1560. The zero-order chi connectivity index (χ0) is 32.3. The Morgan fingerprint density at radius 3 is 1.84 bits per heavy atom. The van der Waals surface area contributed by atoms with E-state index in [1.54, 1.807) is 0 Å². The van der Waals surface area contributed by atoms with Crippen molar-refractivity contribution < 1.29 is 53.7 Å². The average Bonchev–Trinajstić information content (AvgIpc) is 2.96. The summed E-state index contributed by atoms with van der Waals surface area (Å²) in [4.78, 5) is 0. The Hall–Kier alpha value is -4.10. The van der Waals surface area contributed by atoms with Gasteiger partial charge in [-0.1, -0.05) is 42.5 Å². The predicted molar refractivity (Wildman–Crippen MR) is 140 cm³/mol. The zero-order valence-electron chi connectivity index (χ0n) is 22.4. The van der Waals surface area contributed by atoms with Crippen molar-refractivity contribution in [3.8, 4) is 5.75 Å². The van der Waals surface area contributed by atoms with Crippen molar-refractivity contribution in [2.75, 3.05) is 6.54 Å². The van der Waals surface area contributed by atoms with Gasteiger partial charge in [-0.3, -0.25) is 0 Å². The maximum Gasteiger partial charge on any atom is 0.416 e. The van der Waals surface area contributed by atoms with E-state index >= 15 is 4.39 Å². The number of alkyl halides is 9. The number of aliphatic hydroxyl groups excluding tert-OH is 1. The molecule has 0 bridgehead atoms. The van der Waals surface area contributed by atoms with E-state index in [1.165, 1.54) is 36.4 Å². The van der Waals surface area contributed by atoms with E-state index in [4.69, 9.17) is 4.74 Å². The molecule has 0 aliphatic heterocycles. The van der Waals surface area contributed by atoms with E-state index in [0.29, 0.717) is 12.1 Å². The van der Waals surface area contributed by atoms with Crippen molar-refractivity contribution in [2.45, 2.75) is 37.3 Å². The molecule has 2 N–H and O–H groups in total. The highest BCUT2D eigenvalue weighted by Crippen LogP contribution is 2.35. The summed E-state index contributed by atoms with van der Waals surface area (Å²) < 4.78 is 138. The first-order valence-electron chi connectivity index (χ1n) is 12.9. The highest BCUT2D eigenvalue weighted by Gasteiger charge is 2.33. The first-order valence-corrected chi connectivity index (χ1v) is 12.9. The minimum atomic E-state index is -4.82. The standard InChI is InChI=1S/C31H23F10NO2/c32-26-15-23(31(39,40)41)11-12-25(26)28(42-16-27(43)19-7-9-21(10-8-19)29(33,34)35)20-4-2-6-24(14-20)44-17-18-3-1-5-22(13-18)30(36,37)38/h1-15,27-28,42-43H,16-17H2. The van der Waals surface area contributed by atoms with Gasteiger partial charge in [-0.2, -0.15) is 39.5 Å². The number of aliphatic hydroxyl groups is 1. The number of halogens is 10. The monoisotopic (exact) mass is 631 g/mol. The van der Waals surface area contributed by atoms with Gasteiger partial charge >= 0.3 is 18.5 Å². The fourth-order valence-corrected chi connectivity index (χ4v) is 4.37. The number of rotatable bonds is 9. The molecule has 2 unspecified atom stereocenters. The molecule has 0 heterocycles. The molecule has 0 fully saturated rings. The minimum absolute atomic E-state index is 0.0929. The molecule has 0 amide bonds. The fraction of sp³-hybridized carbons (Fsp3) is 0.226. The summed E-state index contributed by atoms with van der Waals surface area (Å²) in [7, 11) is 0. The number of nitrogens with one attached hydrogen (secondary N) is 1. The molecule has 13 heteroatoms. The molecule has 0 radical (unpaired) electrons. The van der Waals surface area contributed by atoms with Crippen LogP contribution in [-0.4, -0.2) is 11.7 Å². The molecule has 0 spiro atoms. The molecule has 0 aromatic heterocycles. The van der Waals surface area contributed by atoms with Crippen LogP contribution in [0.5, 0.6) is 5.75 Å². The number of hydrogen-bond acceptors (Lipinski definition) is 3. The SMILES string of the molecule is OC(CNC(c1cccc(OCc2cccc(C(F)(F)F)c2)c1)c1ccc(C(F)(F)F)cc1F)c1ccc(C(F)(F)F)cc1. The number of hydrogen-bond donors (Lipinski definition) is 2. The molecular weight excluding hydrogens is 608 g/mol. The Kier molecular flexibility index (Phi) is 9.59. The van der Waals surface area contributed by atoms with Crippen LogP contribution in [0.3, 0.4) is 0 Å². The van der Waals surface area contributed by atoms with E-state index in [2.05, 4.69) is 5.32 Å². The lowest BCUT2D eigenvalue weighted by atomic mass is 9.96. The fourth-order valence-electron chi connectivity index (χ4n) is 4.37. The highest BCUT2D eigenvalue weighted by atomic mass is 19.4. The van der Waals surface area contributed by atoms with Gasteiger partial charge in [-0.05, 0) is 65.2 Å². The topological polar surface area (TPSA) is 41.5 Å². The van der Waals surface area contributed by atoms with Crippen LogP contribution in [0.25, 0.3) is 0 Å². The third-order valence-corrected chi connectivity index (χ3v) is 6.63. The molecule has 234 valence electrons. The van der Waals surface area contributed by atoms with Crippen molar-refractivity contribution in [1.29, 1.82) is 0 Å². The summed E-state index contributed by atoms with van der Waals surface area (Å²) in [5.74, 6) is -1.08. The maximum absolute atomic E-state index is 15.1. The lowest BCUT2D eigenvalue weighted by Gasteiger charge is -2.24. The summed E-state index contributed by atoms with van der Waals surface area (Å²) in [5.41, 5.74) is -2.74. The first kappa shape index (κ1) is 32.8. The van der Waals surface area contributed by atoms with Crippen molar-refractivity contribution in [1.82, 2.24) is 5.32 Å². The molecule has 4 aromatic rings. The summed E-state index contributed by atoms with van der Waals surface area (Å²) >= 11 is 0. The van der Waals surface area contributed by atoms with Crippen molar-refractivity contribution in [3.05, 3.63) is 136 Å². The summed E-state index contributed by atoms with van der Waals surface area (Å²) in [6.45, 7) is -0.626. The van der Waals surface area contributed by atoms with Gasteiger partial charge in [0, 0.05) is 12.1 Å². The highest BCUT2D eigenvalue weighted by molar-refractivity contribution is 5.39. The molecule has 3 nitrogen and oxygen atoms in total. The van der Waals surface area contributed by atoms with Gasteiger partial charge < -0.3 is 15.2 Å². The third kappa shape index (κ3) is 8.29. The Morgan fingerprint density at radius 1 is 0.636 bits per heavy atom. The van der Waals surface area contributed by atoms with E-state index < -0.39 is 53.2 Å². The lowest BCUT2D eigenvalue weighted by molar-refractivity contribution is -0.138. The van der Waals surface area contributed by atoms with E-state index in [9.17, 15) is 44.6 Å². The van der Waals surface area contributed by atoms with Crippen LogP contribution < -0.4 is 10.1 Å². The van der Waals surface area contributed by atoms with Crippen LogP contribution in [0.1, 0.15) is 51.1 Å². The molecule has 0 saturated carbocycles. The normalized spacial score (nSPS) is 13.9. The Labute approximate surface area is 244 Å². The number of benzene rings is 4. The van der Waals surface area contributed by atoms with Crippen LogP contribution in [0.2, 0.25) is 0 Å². The molecule has 4 aromatic carbocycles. The van der Waals surface area contributed by atoms with Gasteiger partial charge in [0.2, 0.25) is 0 Å². The second-order valence-corrected chi connectivity index (χ2v) is 9.77. The van der Waals surface area contributed by atoms with E-state index in [1.807, 2.05) is 0 Å². The van der Waals surface area contributed by atoms with Crippen LogP contribution in [0, 0.1) is 5.82 Å². The summed E-state index contributed by atoms with van der Waals surface area (Å²) in [6.07, 6.45) is -15.4. The summed E-state index contributed by atoms with van der Waals surface area (Å²) in [5, 5.41) is 13.5. The molecule has 0 aliphatic carbocycles. The molecule has 0 aliphatic rings. The molecular formula is C31H23F10NO2. The van der Waals surface area contributed by atoms with Gasteiger partial charge in [0.25, 0.3) is 0 Å². The second kappa shape index (κ2) is 12.9. The largest absolute Gasteiger partial charge is 0.489 e. The quantitative estimate of drug-likeness (QED) is 0.181. The predicted octanol–water partition coefficient (Wildman–Crippen LogP) is 8.87. The van der Waals surface area contributed by atoms with Crippen molar-refractivity contribution in [3.63, 3.8) is 0 Å². The number of ether oxygens (including phenoxy) is 1. The molecule has 0 saturated heterocycles. The van der Waals surface area contributed by atoms with Gasteiger partial charge in [0.15, 0.2) is 0 Å². The van der Waals surface area contributed by atoms with Crippen molar-refractivity contribution in [2.24, 2.45) is 0 Å². The third-order valence-electron chi connectivity index (χ3n) is 6.63. The van der Waals surface area contributed by atoms with Crippen LogP contribution in [-0.2, 0) is 25.1 Å². The van der Waals surface area contributed by atoms with Crippen LogP contribution in [0.15, 0.2) is 91.0 Å². The maximum atomic E-state index is 15.1. The van der Waals surface area contributed by atoms with Gasteiger partial charge in [0.05, 0.1) is 28.8 Å². The summed E-state index contributed by atoms with van der Waals surface area (Å²) in [6, 6.07) is 14.7. The second-order valence-electron chi connectivity index (χ2n) is 9.77. The first-order chi connectivity index (χ1) is 20.5. The van der Waals surface area contributed by atoms with Gasteiger partial charge in [0.1, 0.15) is 18.2 Å². The molecule has 44 heavy (non-hydrogen) atoms. The zero-order valence-corrected chi connectivity index (χ0v) is 22.4. The van der Waals surface area contributed by atoms with E-state index in [-0.39, 0.29) is 41.2 Å². The van der Waals surface area contributed by atoms with E-state index in [0.717, 1.165) is 42.5 Å². The Balaban J connectivity index is 1.60. The Morgan fingerprint density at radius 2 is 1.23 bits per heavy atom. The van der Waals surface area contributed by atoms with Crippen LogP contribution in [0.4, 0.5) is 43.9 Å². The van der Waals surface area contributed by atoms with Crippen LogP contribution >= 0.6 is 0 Å². The molecule has 2 atom stereocenters. The average molecular weight is 632 g/mol. The minimum Gasteiger partial charge on any atom is -0.489 e. The van der Waals surface area contributed by atoms with Gasteiger partial charge in [-0.15, -0.1) is 0 Å². The lowest BCUT2D eigenvalue weighted by Crippen LogP contribution is -2.28. The van der Waals surface area contributed by atoms with Crippen molar-refractivity contribution >= 4 is 0 Å². The smallest absolute Gasteiger partial charge is 0.416 e. The van der Waals surface area contributed by atoms with Gasteiger partial charge in [-0.25, -0.2) is 4.39 Å². The molecule has 4 rings (SSSR count).